The van der Waals surface area contributed by atoms with E-state index in [9.17, 15) is 0 Å². The topological polar surface area (TPSA) is 50.9 Å². The van der Waals surface area contributed by atoms with Crippen LogP contribution in [0.3, 0.4) is 0 Å². The maximum absolute atomic E-state index is 6.01. The summed E-state index contributed by atoms with van der Waals surface area (Å²) in [5.74, 6) is 0.652. The third-order valence-electron chi connectivity index (χ3n) is 3.72. The van der Waals surface area contributed by atoms with E-state index in [-0.39, 0.29) is 0 Å². The monoisotopic (exact) mass is 245 g/mol. The van der Waals surface area contributed by atoms with Crippen molar-refractivity contribution in [3.63, 3.8) is 0 Å². The van der Waals surface area contributed by atoms with Gasteiger partial charge in [-0.1, -0.05) is 30.3 Å². The summed E-state index contributed by atoms with van der Waals surface area (Å²) >= 11 is 0. The molecule has 1 aromatic carbocycles. The minimum atomic E-state index is 0.290. The first kappa shape index (κ1) is 11.5. The number of benzene rings is 1. The lowest BCUT2D eigenvalue weighted by molar-refractivity contribution is 0.0555. The van der Waals surface area contributed by atoms with E-state index in [0.717, 1.165) is 32.5 Å². The zero-order valence-electron chi connectivity index (χ0n) is 10.5. The van der Waals surface area contributed by atoms with Crippen molar-refractivity contribution in [2.24, 2.45) is 10.7 Å². The van der Waals surface area contributed by atoms with Crippen molar-refractivity contribution in [1.82, 2.24) is 4.90 Å². The lowest BCUT2D eigenvalue weighted by Crippen LogP contribution is -2.46. The minimum absolute atomic E-state index is 0.290. The summed E-state index contributed by atoms with van der Waals surface area (Å²) in [5.41, 5.74) is 7.27. The molecule has 2 aliphatic rings. The van der Waals surface area contributed by atoms with Gasteiger partial charge in [0.15, 0.2) is 5.96 Å². The van der Waals surface area contributed by atoms with Crippen LogP contribution in [0, 0.1) is 0 Å². The van der Waals surface area contributed by atoms with Crippen molar-refractivity contribution in [2.75, 3.05) is 13.2 Å². The first-order chi connectivity index (χ1) is 8.84. The van der Waals surface area contributed by atoms with E-state index < -0.39 is 0 Å². The molecule has 2 aliphatic heterocycles. The Hall–Kier alpha value is -1.55. The number of hydrogen-bond acceptors (Lipinski definition) is 4. The van der Waals surface area contributed by atoms with Crippen LogP contribution in [0.4, 0.5) is 0 Å². The maximum atomic E-state index is 6.01. The molecular weight excluding hydrogens is 226 g/mol. The number of nitrogens with two attached hydrogens (primary N) is 1. The fourth-order valence-electron chi connectivity index (χ4n) is 2.75. The Morgan fingerprint density at radius 3 is 2.89 bits per heavy atom. The van der Waals surface area contributed by atoms with Gasteiger partial charge in [-0.2, -0.15) is 0 Å². The molecule has 3 rings (SSSR count). The fraction of sp³-hybridized carbons (Fsp3) is 0.500. The molecule has 1 aromatic rings. The van der Waals surface area contributed by atoms with Crippen LogP contribution in [0.2, 0.25) is 0 Å². The van der Waals surface area contributed by atoms with E-state index in [0.29, 0.717) is 18.1 Å². The summed E-state index contributed by atoms with van der Waals surface area (Å²) in [6.45, 7) is 2.46. The number of ether oxygens (including phenoxy) is 1. The van der Waals surface area contributed by atoms with Crippen LogP contribution < -0.4 is 5.73 Å². The van der Waals surface area contributed by atoms with Gasteiger partial charge in [0, 0.05) is 13.2 Å². The molecule has 18 heavy (non-hydrogen) atoms. The molecule has 0 radical (unpaired) electrons. The molecule has 0 saturated carbocycles. The Morgan fingerprint density at radius 1 is 1.33 bits per heavy atom. The second kappa shape index (κ2) is 4.98. The second-order valence-electron chi connectivity index (χ2n) is 4.93. The van der Waals surface area contributed by atoms with Crippen LogP contribution in [0.1, 0.15) is 18.4 Å². The summed E-state index contributed by atoms with van der Waals surface area (Å²) in [6.07, 6.45) is 2.57. The van der Waals surface area contributed by atoms with E-state index in [1.165, 1.54) is 5.56 Å². The van der Waals surface area contributed by atoms with Crippen molar-refractivity contribution in [2.45, 2.75) is 31.5 Å². The van der Waals surface area contributed by atoms with Crippen molar-refractivity contribution in [3.8, 4) is 0 Å². The van der Waals surface area contributed by atoms with Gasteiger partial charge < -0.3 is 15.4 Å². The molecule has 2 heterocycles. The summed E-state index contributed by atoms with van der Waals surface area (Å²) in [4.78, 5) is 6.57. The normalized spacial score (nSPS) is 27.6. The number of nitrogens with zero attached hydrogens (tertiary/aromatic N) is 2. The molecule has 4 heteroatoms. The Kier molecular flexibility index (Phi) is 3.19. The average molecular weight is 245 g/mol. The van der Waals surface area contributed by atoms with Crippen molar-refractivity contribution in [3.05, 3.63) is 35.9 Å². The molecule has 2 unspecified atom stereocenters. The quantitative estimate of drug-likeness (QED) is 0.875. The lowest BCUT2D eigenvalue weighted by Gasteiger charge is -2.30. The first-order valence-corrected chi connectivity index (χ1v) is 6.56. The number of hydrogen-bond donors (Lipinski definition) is 1. The second-order valence-corrected chi connectivity index (χ2v) is 4.93. The smallest absolute Gasteiger partial charge is 0.192 e. The Morgan fingerprint density at radius 2 is 2.17 bits per heavy atom. The Labute approximate surface area is 107 Å². The van der Waals surface area contributed by atoms with Gasteiger partial charge in [0.25, 0.3) is 0 Å². The summed E-state index contributed by atoms with van der Waals surface area (Å²) in [6, 6.07) is 10.7. The molecule has 96 valence electrons. The molecule has 0 bridgehead atoms. The van der Waals surface area contributed by atoms with Crippen molar-refractivity contribution >= 4 is 5.96 Å². The highest BCUT2D eigenvalue weighted by Crippen LogP contribution is 2.24. The van der Waals surface area contributed by atoms with E-state index in [1.807, 2.05) is 6.07 Å². The third kappa shape index (κ3) is 2.20. The van der Waals surface area contributed by atoms with Crippen LogP contribution in [-0.4, -0.2) is 36.2 Å². The summed E-state index contributed by atoms with van der Waals surface area (Å²) in [5, 5.41) is 0. The number of aliphatic imine (C=N–C) groups is 1. The van der Waals surface area contributed by atoms with Crippen LogP contribution in [0.15, 0.2) is 35.3 Å². The largest absolute Gasteiger partial charge is 0.376 e. The predicted octanol–water partition coefficient (Wildman–Crippen LogP) is 1.36. The van der Waals surface area contributed by atoms with Gasteiger partial charge in [-0.15, -0.1) is 0 Å². The Balaban J connectivity index is 1.73. The first-order valence-electron chi connectivity index (χ1n) is 6.56. The van der Waals surface area contributed by atoms with Crippen molar-refractivity contribution < 1.29 is 4.74 Å². The van der Waals surface area contributed by atoms with Crippen molar-refractivity contribution in [1.29, 1.82) is 0 Å². The number of rotatable bonds is 3. The zero-order valence-corrected chi connectivity index (χ0v) is 10.5. The van der Waals surface area contributed by atoms with Gasteiger partial charge in [-0.05, 0) is 18.4 Å². The van der Waals surface area contributed by atoms with Gasteiger partial charge >= 0.3 is 0 Å². The molecule has 0 aromatic heterocycles. The van der Waals surface area contributed by atoms with Crippen LogP contribution in [0.25, 0.3) is 0 Å². The molecule has 0 amide bonds. The van der Waals surface area contributed by atoms with Crippen LogP contribution in [-0.2, 0) is 11.3 Å². The molecule has 0 aliphatic carbocycles. The molecule has 2 atom stereocenters. The summed E-state index contributed by atoms with van der Waals surface area (Å²) < 4.78 is 5.78. The molecule has 2 N–H and O–H groups in total. The predicted molar refractivity (Wildman–Crippen MR) is 71.2 cm³/mol. The highest BCUT2D eigenvalue weighted by molar-refractivity contribution is 5.80. The third-order valence-corrected chi connectivity index (χ3v) is 3.72. The van der Waals surface area contributed by atoms with E-state index in [2.05, 4.69) is 34.2 Å². The molecule has 4 nitrogen and oxygen atoms in total. The fourth-order valence-corrected chi connectivity index (χ4v) is 2.75. The molecular formula is C14H19N3O. The van der Waals surface area contributed by atoms with E-state index in [4.69, 9.17) is 10.5 Å². The highest BCUT2D eigenvalue weighted by atomic mass is 16.5. The maximum Gasteiger partial charge on any atom is 0.192 e. The zero-order chi connectivity index (χ0) is 12.4. The van der Waals surface area contributed by atoms with Gasteiger partial charge in [-0.25, -0.2) is 0 Å². The lowest BCUT2D eigenvalue weighted by atomic mass is 10.1. The average Bonchev–Trinajstić information content (AvgIpc) is 3.02. The van der Waals surface area contributed by atoms with Crippen LogP contribution in [0.5, 0.6) is 0 Å². The summed E-state index contributed by atoms with van der Waals surface area (Å²) in [7, 11) is 0. The highest BCUT2D eigenvalue weighted by Gasteiger charge is 2.35. The Bertz CT molecular complexity index is 426. The molecule has 0 spiro atoms. The van der Waals surface area contributed by atoms with Gasteiger partial charge in [0.2, 0.25) is 0 Å². The molecule has 1 fully saturated rings. The van der Waals surface area contributed by atoms with Gasteiger partial charge in [0.05, 0.1) is 18.7 Å². The molecule has 1 saturated heterocycles. The SMILES string of the molecule is NC1=NCC(C2CCCO2)N1Cc1ccccc1. The van der Waals surface area contributed by atoms with E-state index in [1.54, 1.807) is 0 Å². The van der Waals surface area contributed by atoms with Gasteiger partial charge in [0.1, 0.15) is 0 Å². The standard InChI is InChI=1S/C14H19N3O/c15-14-16-9-12(13-7-4-8-18-13)17(14)10-11-5-2-1-3-6-11/h1-3,5-6,12-13H,4,7-10H2,(H2,15,16). The van der Waals surface area contributed by atoms with Gasteiger partial charge in [-0.3, -0.25) is 4.99 Å². The van der Waals surface area contributed by atoms with E-state index >= 15 is 0 Å². The minimum Gasteiger partial charge on any atom is -0.376 e. The van der Waals surface area contributed by atoms with Crippen LogP contribution >= 0.6 is 0 Å². The number of guanidine groups is 1.